The second-order valence-corrected chi connectivity index (χ2v) is 7.51. The zero-order valence-corrected chi connectivity index (χ0v) is 13.8. The molecule has 1 aromatic heterocycles. The van der Waals surface area contributed by atoms with E-state index in [0.717, 1.165) is 25.3 Å². The predicted molar refractivity (Wildman–Crippen MR) is 90.0 cm³/mol. The van der Waals surface area contributed by atoms with Gasteiger partial charge in [-0.05, 0) is 42.5 Å². The van der Waals surface area contributed by atoms with Crippen molar-refractivity contribution in [3.63, 3.8) is 0 Å². The SMILES string of the molecule is Cc1ccc(SCCC(=O)N2CCc3sccc3C2)cc1. The van der Waals surface area contributed by atoms with E-state index in [4.69, 9.17) is 0 Å². The number of nitrogens with zero attached hydrogens (tertiary/aromatic N) is 1. The monoisotopic (exact) mass is 317 g/mol. The summed E-state index contributed by atoms with van der Waals surface area (Å²) in [6, 6.07) is 10.6. The van der Waals surface area contributed by atoms with Gasteiger partial charge in [0.25, 0.3) is 0 Å². The standard InChI is InChI=1S/C17H19NOS2/c1-13-2-4-15(5-3-13)20-11-8-17(19)18-9-6-16-14(12-18)7-10-21-16/h2-5,7,10H,6,8-9,11-12H2,1H3. The van der Waals surface area contributed by atoms with Crippen molar-refractivity contribution in [2.45, 2.75) is 31.2 Å². The van der Waals surface area contributed by atoms with Gasteiger partial charge < -0.3 is 4.90 Å². The van der Waals surface area contributed by atoms with E-state index in [1.807, 2.05) is 16.2 Å². The lowest BCUT2D eigenvalue weighted by Gasteiger charge is -2.27. The molecular formula is C17H19NOS2. The number of thioether (sulfide) groups is 1. The Hall–Kier alpha value is -1.26. The normalized spacial score (nSPS) is 14.0. The summed E-state index contributed by atoms with van der Waals surface area (Å²) in [6.07, 6.45) is 1.64. The first-order valence-corrected chi connectivity index (χ1v) is 9.11. The lowest BCUT2D eigenvalue weighted by atomic mass is 10.1. The van der Waals surface area contributed by atoms with Crippen LogP contribution in [0.25, 0.3) is 0 Å². The van der Waals surface area contributed by atoms with Crippen LogP contribution in [0.5, 0.6) is 0 Å². The highest BCUT2D eigenvalue weighted by Crippen LogP contribution is 2.25. The molecule has 3 rings (SSSR count). The summed E-state index contributed by atoms with van der Waals surface area (Å²) in [5.41, 5.74) is 2.61. The summed E-state index contributed by atoms with van der Waals surface area (Å²) in [6.45, 7) is 3.77. The van der Waals surface area contributed by atoms with Gasteiger partial charge in [-0.2, -0.15) is 0 Å². The molecule has 0 unspecified atom stereocenters. The average molecular weight is 317 g/mol. The van der Waals surface area contributed by atoms with E-state index < -0.39 is 0 Å². The van der Waals surface area contributed by atoms with Crippen molar-refractivity contribution in [1.29, 1.82) is 0 Å². The topological polar surface area (TPSA) is 20.3 Å². The molecule has 0 saturated carbocycles. The van der Waals surface area contributed by atoms with Crippen LogP contribution in [0.3, 0.4) is 0 Å². The molecule has 21 heavy (non-hydrogen) atoms. The Labute approximate surface area is 134 Å². The van der Waals surface area contributed by atoms with E-state index in [1.54, 1.807) is 11.8 Å². The number of hydrogen-bond donors (Lipinski definition) is 0. The highest BCUT2D eigenvalue weighted by molar-refractivity contribution is 7.99. The highest BCUT2D eigenvalue weighted by Gasteiger charge is 2.20. The van der Waals surface area contributed by atoms with E-state index in [9.17, 15) is 4.79 Å². The minimum Gasteiger partial charge on any atom is -0.338 e. The molecule has 2 nitrogen and oxygen atoms in total. The van der Waals surface area contributed by atoms with Crippen molar-refractivity contribution in [3.05, 3.63) is 51.7 Å². The second-order valence-electron chi connectivity index (χ2n) is 5.35. The van der Waals surface area contributed by atoms with Crippen LogP contribution in [-0.2, 0) is 17.8 Å². The molecule has 2 heterocycles. The Morgan fingerprint density at radius 2 is 2.10 bits per heavy atom. The zero-order chi connectivity index (χ0) is 14.7. The largest absolute Gasteiger partial charge is 0.338 e. The Balaban J connectivity index is 1.48. The average Bonchev–Trinajstić information content (AvgIpc) is 2.96. The molecule has 2 aromatic rings. The van der Waals surface area contributed by atoms with Crippen LogP contribution in [0.2, 0.25) is 0 Å². The highest BCUT2D eigenvalue weighted by atomic mass is 32.2. The fourth-order valence-electron chi connectivity index (χ4n) is 2.51. The lowest BCUT2D eigenvalue weighted by Crippen LogP contribution is -2.35. The van der Waals surface area contributed by atoms with Crippen LogP contribution in [0.4, 0.5) is 0 Å². The smallest absolute Gasteiger partial charge is 0.223 e. The van der Waals surface area contributed by atoms with E-state index in [0.29, 0.717) is 6.42 Å². The molecule has 0 N–H and O–H groups in total. The molecule has 0 radical (unpaired) electrons. The number of hydrogen-bond acceptors (Lipinski definition) is 3. The number of carbonyl (C=O) groups is 1. The minimum atomic E-state index is 0.284. The van der Waals surface area contributed by atoms with Crippen LogP contribution in [0.1, 0.15) is 22.4 Å². The summed E-state index contributed by atoms with van der Waals surface area (Å²) >= 11 is 3.58. The third-order valence-corrected chi connectivity index (χ3v) is 5.80. The molecule has 0 fully saturated rings. The molecule has 110 valence electrons. The maximum absolute atomic E-state index is 12.3. The van der Waals surface area contributed by atoms with Gasteiger partial charge in [0.2, 0.25) is 5.91 Å². The number of benzene rings is 1. The summed E-state index contributed by atoms with van der Waals surface area (Å²) in [5.74, 6) is 1.14. The fourth-order valence-corrected chi connectivity index (χ4v) is 4.24. The fraction of sp³-hybridized carbons (Fsp3) is 0.353. The first-order valence-electron chi connectivity index (χ1n) is 7.25. The molecule has 1 aliphatic rings. The number of aryl methyl sites for hydroxylation is 1. The summed E-state index contributed by atoms with van der Waals surface area (Å²) in [7, 11) is 0. The van der Waals surface area contributed by atoms with E-state index in [2.05, 4.69) is 42.6 Å². The van der Waals surface area contributed by atoms with Crippen molar-refractivity contribution >= 4 is 29.0 Å². The van der Waals surface area contributed by atoms with Crippen LogP contribution in [0, 0.1) is 6.92 Å². The van der Waals surface area contributed by atoms with E-state index in [-0.39, 0.29) is 5.91 Å². The number of carbonyl (C=O) groups excluding carboxylic acids is 1. The molecule has 1 amide bonds. The zero-order valence-electron chi connectivity index (χ0n) is 12.2. The number of fused-ring (bicyclic) bond motifs is 1. The Kier molecular flexibility index (Phi) is 4.66. The van der Waals surface area contributed by atoms with Gasteiger partial charge in [0.1, 0.15) is 0 Å². The molecule has 0 saturated heterocycles. The number of rotatable bonds is 4. The van der Waals surface area contributed by atoms with Crippen molar-refractivity contribution in [2.75, 3.05) is 12.3 Å². The predicted octanol–water partition coefficient (Wildman–Crippen LogP) is 4.12. The van der Waals surface area contributed by atoms with Crippen LogP contribution < -0.4 is 0 Å². The van der Waals surface area contributed by atoms with Crippen LogP contribution >= 0.6 is 23.1 Å². The molecule has 1 aliphatic heterocycles. The third-order valence-electron chi connectivity index (χ3n) is 3.77. The third kappa shape index (κ3) is 3.69. The van der Waals surface area contributed by atoms with Crippen molar-refractivity contribution in [1.82, 2.24) is 4.90 Å². The number of amides is 1. The van der Waals surface area contributed by atoms with Crippen molar-refractivity contribution in [2.24, 2.45) is 0 Å². The molecule has 0 aliphatic carbocycles. The van der Waals surface area contributed by atoms with Gasteiger partial charge in [-0.15, -0.1) is 23.1 Å². The van der Waals surface area contributed by atoms with Crippen molar-refractivity contribution < 1.29 is 4.79 Å². The summed E-state index contributed by atoms with van der Waals surface area (Å²) < 4.78 is 0. The van der Waals surface area contributed by atoms with E-state index >= 15 is 0 Å². The Bertz CT molecular complexity index is 618. The van der Waals surface area contributed by atoms with Gasteiger partial charge in [-0.3, -0.25) is 4.79 Å². The maximum Gasteiger partial charge on any atom is 0.223 e. The number of thiophene rings is 1. The molecule has 1 aromatic carbocycles. The summed E-state index contributed by atoms with van der Waals surface area (Å²) in [5, 5.41) is 2.13. The molecular weight excluding hydrogens is 298 g/mol. The summed E-state index contributed by atoms with van der Waals surface area (Å²) in [4.78, 5) is 17.0. The first-order chi connectivity index (χ1) is 10.2. The quantitative estimate of drug-likeness (QED) is 0.791. The first kappa shape index (κ1) is 14.7. The Morgan fingerprint density at radius 3 is 2.90 bits per heavy atom. The second kappa shape index (κ2) is 6.67. The molecule has 0 atom stereocenters. The lowest BCUT2D eigenvalue weighted by molar-refractivity contribution is -0.131. The van der Waals surface area contributed by atoms with Gasteiger partial charge in [0, 0.05) is 35.0 Å². The minimum absolute atomic E-state index is 0.284. The maximum atomic E-state index is 12.3. The molecule has 0 bridgehead atoms. The van der Waals surface area contributed by atoms with Crippen molar-refractivity contribution in [3.8, 4) is 0 Å². The van der Waals surface area contributed by atoms with Crippen LogP contribution in [-0.4, -0.2) is 23.1 Å². The van der Waals surface area contributed by atoms with Crippen LogP contribution in [0.15, 0.2) is 40.6 Å². The van der Waals surface area contributed by atoms with Gasteiger partial charge in [-0.25, -0.2) is 0 Å². The van der Waals surface area contributed by atoms with E-state index in [1.165, 1.54) is 20.9 Å². The van der Waals surface area contributed by atoms with Gasteiger partial charge in [0.15, 0.2) is 0 Å². The van der Waals surface area contributed by atoms with Gasteiger partial charge in [-0.1, -0.05) is 17.7 Å². The van der Waals surface area contributed by atoms with Gasteiger partial charge in [0.05, 0.1) is 0 Å². The Morgan fingerprint density at radius 1 is 1.29 bits per heavy atom. The van der Waals surface area contributed by atoms with Gasteiger partial charge >= 0.3 is 0 Å². The molecule has 4 heteroatoms. The molecule has 0 spiro atoms.